The minimum Gasteiger partial charge on any atom is -0.459 e. The zero-order chi connectivity index (χ0) is 20.1. The van der Waals surface area contributed by atoms with Gasteiger partial charge in [-0.3, -0.25) is 9.59 Å². The molecular formula is C18H21ClN4O4. The summed E-state index contributed by atoms with van der Waals surface area (Å²) in [6, 6.07) is 5.81. The van der Waals surface area contributed by atoms with Gasteiger partial charge in [-0.1, -0.05) is 11.6 Å². The van der Waals surface area contributed by atoms with Gasteiger partial charge in [-0.25, -0.2) is 9.48 Å². The van der Waals surface area contributed by atoms with E-state index in [1.807, 2.05) is 0 Å². The number of amides is 1. The van der Waals surface area contributed by atoms with Crippen molar-refractivity contribution in [3.63, 3.8) is 0 Å². The highest BCUT2D eigenvalue weighted by Gasteiger charge is 2.14. The summed E-state index contributed by atoms with van der Waals surface area (Å²) in [5, 5.41) is 6.82. The molecule has 0 saturated heterocycles. The zero-order valence-electron chi connectivity index (χ0n) is 15.5. The second kappa shape index (κ2) is 8.68. The summed E-state index contributed by atoms with van der Waals surface area (Å²) in [6.07, 6.45) is 1.22. The number of rotatable bonds is 6. The second-order valence-electron chi connectivity index (χ2n) is 6.30. The Morgan fingerprint density at radius 3 is 2.59 bits per heavy atom. The number of halogens is 1. The van der Waals surface area contributed by atoms with E-state index in [1.54, 1.807) is 32.8 Å². The zero-order valence-corrected chi connectivity index (χ0v) is 16.3. The number of carbonyl (C=O) groups excluding carboxylic acids is 2. The van der Waals surface area contributed by atoms with Crippen LogP contribution in [-0.2, 0) is 16.1 Å². The molecule has 0 aliphatic rings. The van der Waals surface area contributed by atoms with Crippen molar-refractivity contribution in [3.05, 3.63) is 51.4 Å². The molecule has 0 atom stereocenters. The Kier molecular flexibility index (Phi) is 6.57. The molecule has 0 aliphatic carbocycles. The summed E-state index contributed by atoms with van der Waals surface area (Å²) in [7, 11) is 3.57. The number of benzene rings is 1. The number of ether oxygens (including phenoxy) is 1. The smallest absolute Gasteiger partial charge is 0.338 e. The summed E-state index contributed by atoms with van der Waals surface area (Å²) >= 11 is 6.08. The van der Waals surface area contributed by atoms with Crippen LogP contribution in [0.25, 0.3) is 0 Å². The van der Waals surface area contributed by atoms with E-state index in [4.69, 9.17) is 16.3 Å². The van der Waals surface area contributed by atoms with Crippen molar-refractivity contribution < 1.29 is 14.3 Å². The minimum atomic E-state index is -0.519. The van der Waals surface area contributed by atoms with Crippen LogP contribution in [0.15, 0.2) is 35.3 Å². The molecule has 1 heterocycles. The van der Waals surface area contributed by atoms with Crippen LogP contribution in [0.4, 0.5) is 11.4 Å². The molecule has 1 N–H and O–H groups in total. The van der Waals surface area contributed by atoms with Crippen molar-refractivity contribution in [3.8, 4) is 0 Å². The van der Waals surface area contributed by atoms with E-state index in [1.165, 1.54) is 30.5 Å². The van der Waals surface area contributed by atoms with Crippen molar-refractivity contribution >= 4 is 34.9 Å². The molecule has 0 fully saturated rings. The highest BCUT2D eigenvalue weighted by atomic mass is 35.5. The Hall–Kier alpha value is -2.87. The number of nitrogens with zero attached hydrogens (tertiary/aromatic N) is 3. The largest absolute Gasteiger partial charge is 0.459 e. The SMILES string of the molecule is CC(C)OC(=O)c1ccc(Cl)c(NC(=O)Cn2ncc(N(C)C)cc2=O)c1. The van der Waals surface area contributed by atoms with Crippen LogP contribution in [-0.4, -0.2) is 41.9 Å². The lowest BCUT2D eigenvalue weighted by Crippen LogP contribution is -2.30. The maximum absolute atomic E-state index is 12.3. The monoisotopic (exact) mass is 392 g/mol. The average molecular weight is 393 g/mol. The number of esters is 1. The number of hydrogen-bond acceptors (Lipinski definition) is 6. The topological polar surface area (TPSA) is 93.5 Å². The van der Waals surface area contributed by atoms with E-state index in [9.17, 15) is 14.4 Å². The number of anilines is 2. The van der Waals surface area contributed by atoms with E-state index in [2.05, 4.69) is 10.4 Å². The molecule has 1 aromatic heterocycles. The first-order valence-electron chi connectivity index (χ1n) is 8.22. The van der Waals surface area contributed by atoms with Crippen LogP contribution in [0.5, 0.6) is 0 Å². The normalized spacial score (nSPS) is 10.6. The fourth-order valence-corrected chi connectivity index (χ4v) is 2.31. The Bertz CT molecular complexity index is 908. The molecule has 0 saturated carbocycles. The number of nitrogens with one attached hydrogen (secondary N) is 1. The standard InChI is InChI=1S/C18H21ClN4O4/c1-11(2)27-18(26)12-5-6-14(19)15(7-12)21-16(24)10-23-17(25)8-13(9-20-23)22(3)4/h5-9,11H,10H2,1-4H3,(H,21,24). The summed E-state index contributed by atoms with van der Waals surface area (Å²) in [5.41, 5.74) is 0.736. The fraction of sp³-hybridized carbons (Fsp3) is 0.333. The molecule has 0 bridgehead atoms. The van der Waals surface area contributed by atoms with Gasteiger partial charge in [-0.2, -0.15) is 5.10 Å². The van der Waals surface area contributed by atoms with Gasteiger partial charge in [-0.05, 0) is 32.0 Å². The van der Waals surface area contributed by atoms with Crippen molar-refractivity contribution in [2.24, 2.45) is 0 Å². The molecule has 0 unspecified atom stereocenters. The first kappa shape index (κ1) is 20.4. The average Bonchev–Trinajstić information content (AvgIpc) is 2.57. The van der Waals surface area contributed by atoms with E-state index < -0.39 is 17.4 Å². The lowest BCUT2D eigenvalue weighted by atomic mass is 10.2. The maximum Gasteiger partial charge on any atom is 0.338 e. The van der Waals surface area contributed by atoms with Crippen molar-refractivity contribution in [2.75, 3.05) is 24.3 Å². The second-order valence-corrected chi connectivity index (χ2v) is 6.71. The van der Waals surface area contributed by atoms with Crippen LogP contribution < -0.4 is 15.8 Å². The first-order valence-corrected chi connectivity index (χ1v) is 8.60. The molecule has 1 amide bonds. The highest BCUT2D eigenvalue weighted by Crippen LogP contribution is 2.23. The predicted molar refractivity (Wildman–Crippen MR) is 103 cm³/mol. The highest BCUT2D eigenvalue weighted by molar-refractivity contribution is 6.33. The lowest BCUT2D eigenvalue weighted by Gasteiger charge is -2.13. The van der Waals surface area contributed by atoms with Crippen molar-refractivity contribution in [1.29, 1.82) is 0 Å². The lowest BCUT2D eigenvalue weighted by molar-refractivity contribution is -0.117. The molecule has 27 heavy (non-hydrogen) atoms. The molecule has 0 spiro atoms. The predicted octanol–water partition coefficient (Wildman–Crippen LogP) is 2.17. The van der Waals surface area contributed by atoms with Crippen molar-refractivity contribution in [2.45, 2.75) is 26.5 Å². The molecule has 8 nitrogen and oxygen atoms in total. The van der Waals surface area contributed by atoms with Gasteiger partial charge in [0.05, 0.1) is 34.3 Å². The summed E-state index contributed by atoms with van der Waals surface area (Å²) in [6.45, 7) is 3.19. The van der Waals surface area contributed by atoms with Crippen LogP contribution >= 0.6 is 11.6 Å². The maximum atomic E-state index is 12.3. The molecular weight excluding hydrogens is 372 g/mol. The van der Waals surface area contributed by atoms with Gasteiger partial charge >= 0.3 is 5.97 Å². The minimum absolute atomic E-state index is 0.248. The van der Waals surface area contributed by atoms with Crippen LogP contribution in [0.2, 0.25) is 5.02 Å². The summed E-state index contributed by atoms with van der Waals surface area (Å²) < 4.78 is 6.16. The molecule has 0 radical (unpaired) electrons. The van der Waals surface area contributed by atoms with Crippen LogP contribution in [0.3, 0.4) is 0 Å². The molecule has 2 aromatic rings. The fourth-order valence-electron chi connectivity index (χ4n) is 2.14. The third-order valence-corrected chi connectivity index (χ3v) is 3.81. The van der Waals surface area contributed by atoms with Crippen molar-refractivity contribution in [1.82, 2.24) is 9.78 Å². The molecule has 9 heteroatoms. The Morgan fingerprint density at radius 1 is 1.30 bits per heavy atom. The number of carbonyl (C=O) groups is 2. The molecule has 2 rings (SSSR count). The van der Waals surface area contributed by atoms with Gasteiger partial charge in [0.2, 0.25) is 5.91 Å². The molecule has 0 aliphatic heterocycles. The van der Waals surface area contributed by atoms with Gasteiger partial charge in [0.25, 0.3) is 5.56 Å². The third-order valence-electron chi connectivity index (χ3n) is 3.48. The van der Waals surface area contributed by atoms with Gasteiger partial charge < -0.3 is 15.0 Å². The number of hydrogen-bond donors (Lipinski definition) is 1. The van der Waals surface area contributed by atoms with Crippen LogP contribution in [0.1, 0.15) is 24.2 Å². The van der Waals surface area contributed by atoms with Gasteiger partial charge in [0, 0.05) is 20.2 Å². The summed E-state index contributed by atoms with van der Waals surface area (Å²) in [5.74, 6) is -1.02. The van der Waals surface area contributed by atoms with E-state index in [0.29, 0.717) is 5.69 Å². The summed E-state index contributed by atoms with van der Waals surface area (Å²) in [4.78, 5) is 38.0. The van der Waals surface area contributed by atoms with Gasteiger partial charge in [-0.15, -0.1) is 0 Å². The van der Waals surface area contributed by atoms with E-state index in [-0.39, 0.29) is 28.9 Å². The molecule has 1 aromatic carbocycles. The molecule has 144 valence electrons. The quantitative estimate of drug-likeness (QED) is 0.757. The Balaban J connectivity index is 2.14. The Labute approximate surface area is 161 Å². The van der Waals surface area contributed by atoms with E-state index in [0.717, 1.165) is 4.68 Å². The Morgan fingerprint density at radius 2 is 2.00 bits per heavy atom. The van der Waals surface area contributed by atoms with Gasteiger partial charge in [0.1, 0.15) is 6.54 Å². The first-order chi connectivity index (χ1) is 12.7. The third kappa shape index (κ3) is 5.55. The number of aromatic nitrogens is 2. The van der Waals surface area contributed by atoms with E-state index >= 15 is 0 Å². The van der Waals surface area contributed by atoms with Gasteiger partial charge in [0.15, 0.2) is 0 Å². The van der Waals surface area contributed by atoms with Crippen LogP contribution in [0, 0.1) is 0 Å².